The monoisotopic (exact) mass is 343 g/mol. The number of carbonyl (C=O) groups is 1. The van der Waals surface area contributed by atoms with Crippen molar-refractivity contribution < 1.29 is 14.3 Å². The van der Waals surface area contributed by atoms with Crippen LogP contribution in [0.15, 0.2) is 23.0 Å². The minimum atomic E-state index is -0.511. The van der Waals surface area contributed by atoms with Crippen LogP contribution < -0.4 is 20.3 Å². The van der Waals surface area contributed by atoms with Gasteiger partial charge in [-0.1, -0.05) is 20.8 Å². The lowest BCUT2D eigenvalue weighted by Crippen LogP contribution is -2.30. The molecule has 1 aliphatic rings. The Bertz CT molecular complexity index is 881. The van der Waals surface area contributed by atoms with Gasteiger partial charge in [0.25, 0.3) is 11.5 Å². The van der Waals surface area contributed by atoms with Crippen LogP contribution in [0.25, 0.3) is 0 Å². The first kappa shape index (κ1) is 17.0. The van der Waals surface area contributed by atoms with Gasteiger partial charge >= 0.3 is 0 Å². The third-order valence-corrected chi connectivity index (χ3v) is 3.84. The Labute approximate surface area is 145 Å². The van der Waals surface area contributed by atoms with Gasteiger partial charge in [0.2, 0.25) is 0 Å². The van der Waals surface area contributed by atoms with E-state index in [1.807, 2.05) is 20.8 Å². The van der Waals surface area contributed by atoms with Gasteiger partial charge in [-0.05, 0) is 19.1 Å². The van der Waals surface area contributed by atoms with Crippen LogP contribution in [0, 0.1) is 6.92 Å². The molecule has 0 radical (unpaired) electrons. The van der Waals surface area contributed by atoms with Gasteiger partial charge in [0.1, 0.15) is 24.6 Å². The summed E-state index contributed by atoms with van der Waals surface area (Å²) in [5.41, 5.74) is 0.154. The molecule has 0 atom stereocenters. The van der Waals surface area contributed by atoms with Crippen LogP contribution >= 0.6 is 0 Å². The molecule has 2 N–H and O–H groups in total. The summed E-state index contributed by atoms with van der Waals surface area (Å²) in [6, 6.07) is 5.10. The molecule has 25 heavy (non-hydrogen) atoms. The van der Waals surface area contributed by atoms with Crippen molar-refractivity contribution in [3.8, 4) is 11.5 Å². The van der Waals surface area contributed by atoms with E-state index < -0.39 is 11.5 Å². The summed E-state index contributed by atoms with van der Waals surface area (Å²) >= 11 is 0. The van der Waals surface area contributed by atoms with E-state index in [-0.39, 0.29) is 11.0 Å². The van der Waals surface area contributed by atoms with E-state index >= 15 is 0 Å². The molecule has 1 aliphatic heterocycles. The largest absolute Gasteiger partial charge is 0.486 e. The predicted molar refractivity (Wildman–Crippen MR) is 93.7 cm³/mol. The maximum absolute atomic E-state index is 12.5. The zero-order valence-corrected chi connectivity index (χ0v) is 14.7. The molecule has 0 saturated carbocycles. The van der Waals surface area contributed by atoms with Crippen LogP contribution in [0.1, 0.15) is 42.6 Å². The molecule has 7 nitrogen and oxygen atoms in total. The summed E-state index contributed by atoms with van der Waals surface area (Å²) in [4.78, 5) is 32.0. The number of anilines is 1. The van der Waals surface area contributed by atoms with Crippen molar-refractivity contribution in [1.82, 2.24) is 9.97 Å². The van der Waals surface area contributed by atoms with Gasteiger partial charge in [-0.2, -0.15) is 0 Å². The highest BCUT2D eigenvalue weighted by Crippen LogP contribution is 2.32. The molecule has 3 rings (SSSR count). The Kier molecular flexibility index (Phi) is 4.24. The number of H-pyrrole nitrogens is 1. The highest BCUT2D eigenvalue weighted by Gasteiger charge is 2.22. The summed E-state index contributed by atoms with van der Waals surface area (Å²) in [6.07, 6.45) is 0. The highest BCUT2D eigenvalue weighted by atomic mass is 16.6. The Morgan fingerprint density at radius 1 is 1.20 bits per heavy atom. The standard InChI is InChI=1S/C18H21N3O4/c1-10-14(16(23)21-17(19-10)18(2,3)4)15(22)20-11-5-6-12-13(9-11)25-8-7-24-12/h5-6,9H,7-8H2,1-4H3,(H,20,22)(H,19,21,23). The maximum Gasteiger partial charge on any atom is 0.264 e. The number of benzene rings is 1. The molecule has 1 aromatic carbocycles. The average Bonchev–Trinajstić information content (AvgIpc) is 2.53. The molecule has 132 valence electrons. The number of hydrogen-bond donors (Lipinski definition) is 2. The lowest BCUT2D eigenvalue weighted by Gasteiger charge is -2.19. The summed E-state index contributed by atoms with van der Waals surface area (Å²) < 4.78 is 10.9. The maximum atomic E-state index is 12.5. The molecule has 0 unspecified atom stereocenters. The van der Waals surface area contributed by atoms with Gasteiger partial charge in [0.05, 0.1) is 5.69 Å². The van der Waals surface area contributed by atoms with Crippen molar-refractivity contribution in [2.24, 2.45) is 0 Å². The number of rotatable bonds is 2. The lowest BCUT2D eigenvalue weighted by atomic mass is 9.95. The first-order valence-electron chi connectivity index (χ1n) is 8.08. The van der Waals surface area contributed by atoms with Gasteiger partial charge in [-0.3, -0.25) is 9.59 Å². The van der Waals surface area contributed by atoms with E-state index in [4.69, 9.17) is 9.47 Å². The van der Waals surface area contributed by atoms with Crippen LogP contribution in [0.4, 0.5) is 5.69 Å². The number of ether oxygens (including phenoxy) is 2. The molecular formula is C18H21N3O4. The number of aromatic nitrogens is 2. The predicted octanol–water partition coefficient (Wildman–Crippen LogP) is 2.40. The van der Waals surface area contributed by atoms with Crippen molar-refractivity contribution in [3.63, 3.8) is 0 Å². The number of carbonyl (C=O) groups excluding carboxylic acids is 1. The first-order valence-corrected chi connectivity index (χ1v) is 8.08. The third kappa shape index (κ3) is 3.50. The van der Waals surface area contributed by atoms with Crippen LogP contribution in [0.5, 0.6) is 11.5 Å². The van der Waals surface area contributed by atoms with Crippen molar-refractivity contribution >= 4 is 11.6 Å². The molecule has 1 aromatic heterocycles. The third-order valence-electron chi connectivity index (χ3n) is 3.84. The van der Waals surface area contributed by atoms with Crippen LogP contribution in [0.3, 0.4) is 0 Å². The van der Waals surface area contributed by atoms with E-state index in [2.05, 4.69) is 15.3 Å². The molecular weight excluding hydrogens is 322 g/mol. The van der Waals surface area contributed by atoms with E-state index in [0.29, 0.717) is 41.9 Å². The van der Waals surface area contributed by atoms with E-state index in [0.717, 1.165) is 0 Å². The average molecular weight is 343 g/mol. The summed E-state index contributed by atoms with van der Waals surface area (Å²) in [5, 5.41) is 2.71. The normalized spacial score (nSPS) is 13.4. The van der Waals surface area contributed by atoms with Gasteiger partial charge in [0.15, 0.2) is 11.5 Å². The van der Waals surface area contributed by atoms with Crippen molar-refractivity contribution in [2.75, 3.05) is 18.5 Å². The van der Waals surface area contributed by atoms with E-state index in [9.17, 15) is 9.59 Å². The second-order valence-electron chi connectivity index (χ2n) is 6.94. The van der Waals surface area contributed by atoms with Crippen molar-refractivity contribution in [1.29, 1.82) is 0 Å². The van der Waals surface area contributed by atoms with Crippen LogP contribution in [-0.2, 0) is 5.41 Å². The van der Waals surface area contributed by atoms with Gasteiger partial charge in [-0.15, -0.1) is 0 Å². The van der Waals surface area contributed by atoms with Gasteiger partial charge in [-0.25, -0.2) is 4.98 Å². The van der Waals surface area contributed by atoms with E-state index in [1.165, 1.54) is 0 Å². The number of aromatic amines is 1. The topological polar surface area (TPSA) is 93.3 Å². The van der Waals surface area contributed by atoms with E-state index in [1.54, 1.807) is 25.1 Å². The van der Waals surface area contributed by atoms with Gasteiger partial charge < -0.3 is 19.8 Å². The molecule has 2 heterocycles. The Hall–Kier alpha value is -2.83. The minimum absolute atomic E-state index is 0.00268. The van der Waals surface area contributed by atoms with Gasteiger partial charge in [0, 0.05) is 17.2 Å². The summed E-state index contributed by atoms with van der Waals surface area (Å²) in [7, 11) is 0. The quantitative estimate of drug-likeness (QED) is 0.873. The second kappa shape index (κ2) is 6.23. The Balaban J connectivity index is 1.88. The molecule has 1 amide bonds. The first-order chi connectivity index (χ1) is 11.8. The molecule has 7 heteroatoms. The number of fused-ring (bicyclic) bond motifs is 1. The van der Waals surface area contributed by atoms with Crippen molar-refractivity contribution in [2.45, 2.75) is 33.1 Å². The molecule has 0 spiro atoms. The zero-order chi connectivity index (χ0) is 18.2. The number of aryl methyl sites for hydroxylation is 1. The fourth-order valence-corrected chi connectivity index (χ4v) is 2.52. The fourth-order valence-electron chi connectivity index (χ4n) is 2.52. The number of nitrogens with one attached hydrogen (secondary N) is 2. The second-order valence-corrected chi connectivity index (χ2v) is 6.94. The van der Waals surface area contributed by atoms with Crippen molar-refractivity contribution in [3.05, 3.63) is 45.6 Å². The fraction of sp³-hybridized carbons (Fsp3) is 0.389. The lowest BCUT2D eigenvalue weighted by molar-refractivity contribution is 0.102. The summed E-state index contributed by atoms with van der Waals surface area (Å²) in [6.45, 7) is 8.45. The van der Waals surface area contributed by atoms with Crippen LogP contribution in [0.2, 0.25) is 0 Å². The zero-order valence-electron chi connectivity index (χ0n) is 14.7. The molecule has 0 aliphatic carbocycles. The molecule has 0 fully saturated rings. The Morgan fingerprint density at radius 2 is 1.88 bits per heavy atom. The summed E-state index contributed by atoms with van der Waals surface area (Å²) in [5.74, 6) is 1.24. The molecule has 2 aromatic rings. The Morgan fingerprint density at radius 3 is 2.52 bits per heavy atom. The highest BCUT2D eigenvalue weighted by molar-refractivity contribution is 6.04. The molecule has 0 saturated heterocycles. The minimum Gasteiger partial charge on any atom is -0.486 e. The SMILES string of the molecule is Cc1nc(C(C)(C)C)[nH]c(=O)c1C(=O)Nc1ccc2c(c1)OCCO2. The molecule has 0 bridgehead atoms. The number of nitrogens with zero attached hydrogens (tertiary/aromatic N) is 1. The number of hydrogen-bond acceptors (Lipinski definition) is 5. The van der Waals surface area contributed by atoms with Crippen LogP contribution in [-0.4, -0.2) is 29.1 Å². The smallest absolute Gasteiger partial charge is 0.264 e. The number of amides is 1.